The van der Waals surface area contributed by atoms with Crippen LogP contribution in [-0.4, -0.2) is 17.4 Å². The largest absolute Gasteiger partial charge is 0.573 e. The van der Waals surface area contributed by atoms with Crippen molar-refractivity contribution >= 4 is 5.97 Å². The van der Waals surface area contributed by atoms with E-state index < -0.39 is 23.9 Å². The van der Waals surface area contributed by atoms with Gasteiger partial charge in [-0.2, -0.15) is 0 Å². The van der Waals surface area contributed by atoms with Crippen molar-refractivity contribution in [2.75, 3.05) is 0 Å². The summed E-state index contributed by atoms with van der Waals surface area (Å²) >= 11 is 0. The van der Waals surface area contributed by atoms with Crippen LogP contribution in [0.25, 0.3) is 0 Å². The molecule has 0 radical (unpaired) electrons. The molecule has 8 heteroatoms. The standard InChI is InChI=1S/C15H10F4O4/c16-11-3-1-2-9(6-11)8-22-12-5-4-10(14(20)21)7-13(12)23-15(17,18)19/h1-7H,8H2,(H,20,21). The summed E-state index contributed by atoms with van der Waals surface area (Å²) in [6.07, 6.45) is -5.01. The molecule has 122 valence electrons. The summed E-state index contributed by atoms with van der Waals surface area (Å²) in [5.74, 6) is -3.02. The third-order valence-electron chi connectivity index (χ3n) is 2.70. The first-order valence-corrected chi connectivity index (χ1v) is 6.25. The molecule has 2 aromatic carbocycles. The lowest BCUT2D eigenvalue weighted by Crippen LogP contribution is -2.18. The molecule has 0 spiro atoms. The van der Waals surface area contributed by atoms with Gasteiger partial charge < -0.3 is 14.6 Å². The average Bonchev–Trinajstić information content (AvgIpc) is 2.44. The first-order chi connectivity index (χ1) is 10.7. The van der Waals surface area contributed by atoms with Crippen molar-refractivity contribution < 1.29 is 36.9 Å². The Morgan fingerprint density at radius 2 is 1.83 bits per heavy atom. The normalized spacial score (nSPS) is 11.1. The van der Waals surface area contributed by atoms with Crippen LogP contribution in [0.2, 0.25) is 0 Å². The van der Waals surface area contributed by atoms with Crippen LogP contribution in [0.1, 0.15) is 15.9 Å². The molecule has 0 atom stereocenters. The number of halogens is 4. The molecule has 0 aliphatic heterocycles. The van der Waals surface area contributed by atoms with Crippen LogP contribution in [0, 0.1) is 5.82 Å². The van der Waals surface area contributed by atoms with Gasteiger partial charge in [0.15, 0.2) is 11.5 Å². The van der Waals surface area contributed by atoms with Crippen molar-refractivity contribution in [1.29, 1.82) is 0 Å². The maximum Gasteiger partial charge on any atom is 0.573 e. The zero-order valence-electron chi connectivity index (χ0n) is 11.4. The second kappa shape index (κ2) is 6.55. The number of benzene rings is 2. The Balaban J connectivity index is 2.24. The lowest BCUT2D eigenvalue weighted by molar-refractivity contribution is -0.275. The van der Waals surface area contributed by atoms with Crippen molar-refractivity contribution in [1.82, 2.24) is 0 Å². The molecular formula is C15H10F4O4. The molecule has 2 rings (SSSR count). The third-order valence-corrected chi connectivity index (χ3v) is 2.70. The molecule has 0 aliphatic carbocycles. The predicted molar refractivity (Wildman–Crippen MR) is 70.8 cm³/mol. The van der Waals surface area contributed by atoms with E-state index in [1.165, 1.54) is 18.2 Å². The van der Waals surface area contributed by atoms with Crippen LogP contribution >= 0.6 is 0 Å². The lowest BCUT2D eigenvalue weighted by Gasteiger charge is -2.14. The SMILES string of the molecule is O=C(O)c1ccc(OCc2cccc(F)c2)c(OC(F)(F)F)c1. The minimum absolute atomic E-state index is 0.210. The number of ether oxygens (including phenoxy) is 2. The zero-order chi connectivity index (χ0) is 17.0. The van der Waals surface area contributed by atoms with Crippen LogP contribution in [0.15, 0.2) is 42.5 Å². The van der Waals surface area contributed by atoms with Gasteiger partial charge in [0.2, 0.25) is 0 Å². The summed E-state index contributed by atoms with van der Waals surface area (Å²) in [6, 6.07) is 8.15. The van der Waals surface area contributed by atoms with Gasteiger partial charge in [-0.1, -0.05) is 12.1 Å². The molecule has 0 fully saturated rings. The molecule has 0 saturated carbocycles. The molecule has 2 aromatic rings. The summed E-state index contributed by atoms with van der Waals surface area (Å²) in [4.78, 5) is 10.8. The number of hydrogen-bond donors (Lipinski definition) is 1. The monoisotopic (exact) mass is 330 g/mol. The molecule has 4 nitrogen and oxygen atoms in total. The smallest absolute Gasteiger partial charge is 0.485 e. The predicted octanol–water partition coefficient (Wildman–Crippen LogP) is 4.00. The fourth-order valence-electron chi connectivity index (χ4n) is 1.75. The van der Waals surface area contributed by atoms with Crippen molar-refractivity contribution in [3.63, 3.8) is 0 Å². The Hall–Kier alpha value is -2.77. The van der Waals surface area contributed by atoms with Crippen molar-refractivity contribution in [2.24, 2.45) is 0 Å². The minimum atomic E-state index is -5.01. The van der Waals surface area contributed by atoms with E-state index in [-0.39, 0.29) is 17.9 Å². The third kappa shape index (κ3) is 4.87. The van der Waals surface area contributed by atoms with Gasteiger partial charge in [-0.05, 0) is 35.9 Å². The Labute approximate surface area is 127 Å². The topological polar surface area (TPSA) is 55.8 Å². The van der Waals surface area contributed by atoms with E-state index in [1.54, 1.807) is 0 Å². The van der Waals surface area contributed by atoms with Crippen LogP contribution in [0.4, 0.5) is 17.6 Å². The van der Waals surface area contributed by atoms with Gasteiger partial charge in [-0.25, -0.2) is 9.18 Å². The average molecular weight is 330 g/mol. The van der Waals surface area contributed by atoms with E-state index >= 15 is 0 Å². The van der Waals surface area contributed by atoms with Gasteiger partial charge >= 0.3 is 12.3 Å². The molecule has 0 amide bonds. The Morgan fingerprint density at radius 1 is 1.09 bits per heavy atom. The molecular weight excluding hydrogens is 320 g/mol. The highest BCUT2D eigenvalue weighted by Gasteiger charge is 2.33. The van der Waals surface area contributed by atoms with E-state index in [2.05, 4.69) is 4.74 Å². The Bertz CT molecular complexity index is 713. The van der Waals surface area contributed by atoms with Crippen LogP contribution in [0.5, 0.6) is 11.5 Å². The summed E-state index contributed by atoms with van der Waals surface area (Å²) in [5, 5.41) is 8.82. The number of alkyl halides is 3. The quantitative estimate of drug-likeness (QED) is 0.842. The van der Waals surface area contributed by atoms with E-state index in [9.17, 15) is 22.4 Å². The van der Waals surface area contributed by atoms with Crippen LogP contribution in [0.3, 0.4) is 0 Å². The summed E-state index contributed by atoms with van der Waals surface area (Å²) < 4.78 is 59.2. The highest BCUT2D eigenvalue weighted by atomic mass is 19.4. The number of aromatic carboxylic acids is 1. The number of hydrogen-bond acceptors (Lipinski definition) is 3. The Kier molecular flexibility index (Phi) is 4.73. The van der Waals surface area contributed by atoms with Gasteiger partial charge in [-0.15, -0.1) is 13.2 Å². The maximum absolute atomic E-state index is 13.0. The molecule has 0 unspecified atom stereocenters. The second-order valence-electron chi connectivity index (χ2n) is 4.43. The summed E-state index contributed by atoms with van der Waals surface area (Å²) in [7, 11) is 0. The highest BCUT2D eigenvalue weighted by molar-refractivity contribution is 5.88. The van der Waals surface area contributed by atoms with E-state index in [1.807, 2.05) is 0 Å². The number of carboxylic acids is 1. The zero-order valence-corrected chi connectivity index (χ0v) is 11.4. The van der Waals surface area contributed by atoms with Gasteiger partial charge in [0, 0.05) is 0 Å². The first-order valence-electron chi connectivity index (χ1n) is 6.25. The first kappa shape index (κ1) is 16.6. The van der Waals surface area contributed by atoms with Crippen molar-refractivity contribution in [3.8, 4) is 11.5 Å². The van der Waals surface area contributed by atoms with Crippen molar-refractivity contribution in [3.05, 3.63) is 59.4 Å². The van der Waals surface area contributed by atoms with Gasteiger partial charge in [0.05, 0.1) is 5.56 Å². The highest BCUT2D eigenvalue weighted by Crippen LogP contribution is 2.33. The number of carboxylic acid groups (broad SMARTS) is 1. The molecule has 0 bridgehead atoms. The minimum Gasteiger partial charge on any atom is -0.485 e. The molecule has 1 N–H and O–H groups in total. The fraction of sp³-hybridized carbons (Fsp3) is 0.133. The lowest BCUT2D eigenvalue weighted by atomic mass is 10.2. The van der Waals surface area contributed by atoms with E-state index in [4.69, 9.17) is 9.84 Å². The van der Waals surface area contributed by atoms with Crippen LogP contribution in [-0.2, 0) is 6.61 Å². The number of rotatable bonds is 5. The molecule has 23 heavy (non-hydrogen) atoms. The van der Waals surface area contributed by atoms with E-state index in [0.717, 1.165) is 18.2 Å². The van der Waals surface area contributed by atoms with Gasteiger partial charge in [0.1, 0.15) is 12.4 Å². The maximum atomic E-state index is 13.0. The molecule has 0 aliphatic rings. The van der Waals surface area contributed by atoms with Gasteiger partial charge in [0.25, 0.3) is 0 Å². The molecule has 0 aromatic heterocycles. The summed E-state index contributed by atoms with van der Waals surface area (Å²) in [5.41, 5.74) is 0.00706. The Morgan fingerprint density at radius 3 is 2.43 bits per heavy atom. The molecule has 0 saturated heterocycles. The van der Waals surface area contributed by atoms with Crippen molar-refractivity contribution in [2.45, 2.75) is 13.0 Å². The van der Waals surface area contributed by atoms with Crippen LogP contribution < -0.4 is 9.47 Å². The second-order valence-corrected chi connectivity index (χ2v) is 4.43. The fourth-order valence-corrected chi connectivity index (χ4v) is 1.75. The van der Waals surface area contributed by atoms with E-state index in [0.29, 0.717) is 11.6 Å². The molecule has 0 heterocycles. The van der Waals surface area contributed by atoms with Gasteiger partial charge in [-0.3, -0.25) is 0 Å². The number of carbonyl (C=O) groups is 1. The summed E-state index contributed by atoms with van der Waals surface area (Å²) in [6.45, 7) is -0.210.